The van der Waals surface area contributed by atoms with Crippen molar-refractivity contribution >= 4 is 17.7 Å². The molecule has 2 atom stereocenters. The van der Waals surface area contributed by atoms with E-state index in [0.717, 1.165) is 52.8 Å². The second kappa shape index (κ2) is 12.5. The van der Waals surface area contributed by atoms with Gasteiger partial charge < -0.3 is 24.5 Å². The fraction of sp³-hybridized carbons (Fsp3) is 0.371. The molecule has 0 aliphatic heterocycles. The van der Waals surface area contributed by atoms with Crippen LogP contribution in [0.2, 0.25) is 0 Å². The van der Waals surface area contributed by atoms with E-state index in [9.17, 15) is 14.4 Å². The first-order valence-corrected chi connectivity index (χ1v) is 15.1. The van der Waals surface area contributed by atoms with Crippen LogP contribution in [-0.2, 0) is 23.0 Å². The first kappa shape index (κ1) is 30.8. The fourth-order valence-corrected chi connectivity index (χ4v) is 5.80. The van der Waals surface area contributed by atoms with Gasteiger partial charge in [-0.25, -0.2) is 9.78 Å². The molecule has 0 bridgehead atoms. The lowest BCUT2D eigenvalue weighted by Crippen LogP contribution is -2.49. The maximum Gasteiger partial charge on any atom is 0.408 e. The van der Waals surface area contributed by atoms with Crippen LogP contribution in [-0.4, -0.2) is 37.8 Å². The van der Waals surface area contributed by atoms with Crippen molar-refractivity contribution in [2.24, 2.45) is 7.05 Å². The summed E-state index contributed by atoms with van der Waals surface area (Å²) in [6.45, 7) is 9.34. The molecule has 2 aromatic carbocycles. The molecule has 1 aliphatic carbocycles. The molecule has 44 heavy (non-hydrogen) atoms. The van der Waals surface area contributed by atoms with Crippen molar-refractivity contribution < 1.29 is 14.3 Å². The molecular formula is C35H41N5O4. The third kappa shape index (κ3) is 6.93. The Morgan fingerprint density at radius 1 is 1.00 bits per heavy atom. The van der Waals surface area contributed by atoms with Gasteiger partial charge in [0.1, 0.15) is 11.6 Å². The summed E-state index contributed by atoms with van der Waals surface area (Å²) < 4.78 is 9.23. The smallest absolute Gasteiger partial charge is 0.408 e. The van der Waals surface area contributed by atoms with Gasteiger partial charge in [-0.1, -0.05) is 30.3 Å². The van der Waals surface area contributed by atoms with Crippen molar-refractivity contribution in [2.75, 3.05) is 5.32 Å². The highest BCUT2D eigenvalue weighted by Crippen LogP contribution is 2.37. The van der Waals surface area contributed by atoms with Crippen LogP contribution < -0.4 is 16.2 Å². The van der Waals surface area contributed by atoms with Crippen molar-refractivity contribution in [3.63, 3.8) is 0 Å². The number of ether oxygens (including phenoxy) is 1. The monoisotopic (exact) mass is 595 g/mol. The Balaban J connectivity index is 1.47. The van der Waals surface area contributed by atoms with Gasteiger partial charge in [0.2, 0.25) is 5.91 Å². The number of nitrogens with zero attached hydrogens (tertiary/aromatic N) is 3. The second-order valence-corrected chi connectivity index (χ2v) is 12.7. The highest BCUT2D eigenvalue weighted by molar-refractivity contribution is 5.97. The lowest BCUT2D eigenvalue weighted by atomic mass is 9.77. The summed E-state index contributed by atoms with van der Waals surface area (Å²) in [4.78, 5) is 43.6. The minimum atomic E-state index is -0.875. The number of anilines is 1. The van der Waals surface area contributed by atoms with Gasteiger partial charge in [0, 0.05) is 37.0 Å². The van der Waals surface area contributed by atoms with Gasteiger partial charge in [-0.2, -0.15) is 0 Å². The summed E-state index contributed by atoms with van der Waals surface area (Å²) in [6.07, 6.45) is 7.26. The van der Waals surface area contributed by atoms with Crippen molar-refractivity contribution in [3.8, 4) is 22.4 Å². The number of hydrogen-bond acceptors (Lipinski definition) is 5. The molecular weight excluding hydrogens is 554 g/mol. The van der Waals surface area contributed by atoms with E-state index < -0.39 is 17.7 Å². The second-order valence-electron chi connectivity index (χ2n) is 12.7. The molecule has 0 spiro atoms. The summed E-state index contributed by atoms with van der Waals surface area (Å²) in [5, 5.41) is 5.93. The van der Waals surface area contributed by atoms with Crippen LogP contribution in [0.25, 0.3) is 22.4 Å². The average molecular weight is 596 g/mol. The number of aromatic nitrogens is 3. The van der Waals surface area contributed by atoms with E-state index in [2.05, 4.69) is 33.8 Å². The molecule has 0 saturated heterocycles. The molecule has 0 fully saturated rings. The van der Waals surface area contributed by atoms with Crippen LogP contribution >= 0.6 is 0 Å². The Kier molecular flexibility index (Phi) is 8.76. The Morgan fingerprint density at radius 3 is 2.36 bits per heavy atom. The van der Waals surface area contributed by atoms with Crippen LogP contribution in [0.3, 0.4) is 0 Å². The van der Waals surface area contributed by atoms with Gasteiger partial charge in [-0.15, -0.1) is 0 Å². The predicted octanol–water partition coefficient (Wildman–Crippen LogP) is 6.45. The number of alkyl carbamates (subject to hydrolysis) is 1. The maximum absolute atomic E-state index is 14.0. The number of imidazole rings is 1. The summed E-state index contributed by atoms with van der Waals surface area (Å²) in [5.74, 6) is -0.600. The number of aryl methyl sites for hydroxylation is 2. The SMILES string of the molecule is CC(C)n1cc(-c2ccc3c(c2)[C@@H]([C@@H](NC(=O)OC(C)(C)C)C(=O)Nc2ccc(-c4cncn4C)cc2)CCC3)ccc1=O. The minimum Gasteiger partial charge on any atom is -0.444 e. The molecule has 9 nitrogen and oxygen atoms in total. The van der Waals surface area contributed by atoms with E-state index in [1.807, 2.05) is 62.0 Å². The highest BCUT2D eigenvalue weighted by Gasteiger charge is 2.35. The first-order valence-electron chi connectivity index (χ1n) is 15.1. The van der Waals surface area contributed by atoms with E-state index >= 15 is 0 Å². The molecule has 0 unspecified atom stereocenters. The highest BCUT2D eigenvalue weighted by atomic mass is 16.6. The van der Waals surface area contributed by atoms with Gasteiger partial charge >= 0.3 is 6.09 Å². The van der Waals surface area contributed by atoms with Gasteiger partial charge in [0.05, 0.1) is 18.2 Å². The van der Waals surface area contributed by atoms with E-state index in [-0.39, 0.29) is 23.4 Å². The normalized spacial score (nSPS) is 15.4. The zero-order valence-electron chi connectivity index (χ0n) is 26.3. The van der Waals surface area contributed by atoms with E-state index in [1.54, 1.807) is 43.9 Å². The average Bonchev–Trinajstić information content (AvgIpc) is 3.40. The van der Waals surface area contributed by atoms with E-state index in [0.29, 0.717) is 5.69 Å². The van der Waals surface area contributed by atoms with E-state index in [1.165, 1.54) is 0 Å². The number of carbonyl (C=O) groups is 2. The molecule has 1 aliphatic rings. The van der Waals surface area contributed by atoms with Crippen LogP contribution in [0.4, 0.5) is 10.5 Å². The lowest BCUT2D eigenvalue weighted by Gasteiger charge is -2.33. The molecule has 2 N–H and O–H groups in total. The maximum atomic E-state index is 14.0. The van der Waals surface area contributed by atoms with Gasteiger partial charge in [-0.3, -0.25) is 9.59 Å². The van der Waals surface area contributed by atoms with Gasteiger partial charge in [0.15, 0.2) is 0 Å². The van der Waals surface area contributed by atoms with Gasteiger partial charge in [0.25, 0.3) is 5.56 Å². The molecule has 2 heterocycles. The molecule has 0 saturated carbocycles. The molecule has 0 radical (unpaired) electrons. The zero-order valence-corrected chi connectivity index (χ0v) is 26.3. The third-order valence-corrected chi connectivity index (χ3v) is 7.96. The number of carbonyl (C=O) groups excluding carboxylic acids is 2. The Bertz CT molecular complexity index is 1710. The number of pyridine rings is 1. The molecule has 230 valence electrons. The predicted molar refractivity (Wildman–Crippen MR) is 173 cm³/mol. The fourth-order valence-electron chi connectivity index (χ4n) is 5.80. The molecule has 2 aromatic heterocycles. The van der Waals surface area contributed by atoms with Crippen LogP contribution in [0, 0.1) is 0 Å². The molecule has 9 heteroatoms. The van der Waals surface area contributed by atoms with Crippen LogP contribution in [0.15, 0.2) is 78.1 Å². The number of hydrogen-bond donors (Lipinski definition) is 2. The number of nitrogens with one attached hydrogen (secondary N) is 2. The number of amides is 2. The largest absolute Gasteiger partial charge is 0.444 e. The number of rotatable bonds is 7. The first-order chi connectivity index (χ1) is 20.9. The van der Waals surface area contributed by atoms with Crippen LogP contribution in [0.5, 0.6) is 0 Å². The topological polar surface area (TPSA) is 107 Å². The van der Waals surface area contributed by atoms with Gasteiger partial charge in [-0.05, 0) is 99.9 Å². The Labute approximate surface area is 258 Å². The lowest BCUT2D eigenvalue weighted by molar-refractivity contribution is -0.118. The minimum absolute atomic E-state index is 0.0251. The van der Waals surface area contributed by atoms with Crippen LogP contribution in [0.1, 0.15) is 70.5 Å². The third-order valence-electron chi connectivity index (χ3n) is 7.96. The summed E-state index contributed by atoms with van der Waals surface area (Å²) in [6, 6.07) is 16.4. The van der Waals surface area contributed by atoms with Crippen molar-refractivity contribution in [1.82, 2.24) is 19.4 Å². The molecule has 4 aromatic rings. The summed E-state index contributed by atoms with van der Waals surface area (Å²) in [7, 11) is 1.93. The van der Waals surface area contributed by atoms with Crippen molar-refractivity contribution in [2.45, 2.75) is 77.5 Å². The number of fused-ring (bicyclic) bond motifs is 1. The number of benzene rings is 2. The summed E-state index contributed by atoms with van der Waals surface area (Å²) in [5.41, 5.74) is 5.82. The van der Waals surface area contributed by atoms with Crippen molar-refractivity contribution in [3.05, 3.63) is 94.8 Å². The Hall–Kier alpha value is -4.66. The zero-order chi connectivity index (χ0) is 31.6. The van der Waals surface area contributed by atoms with E-state index in [4.69, 9.17) is 4.74 Å². The van der Waals surface area contributed by atoms with Crippen molar-refractivity contribution in [1.29, 1.82) is 0 Å². The quantitative estimate of drug-likeness (QED) is 0.255. The standard InChI is InChI=1S/C35H41N5O4/c1-22(2)40-20-26(14-17-31(40)41)25-11-10-23-8-7-9-28(29(23)18-25)32(38-34(43)44-35(3,4)5)33(42)37-27-15-12-24(13-16-27)30-19-36-21-39(30)6/h10-22,28,32H,7-9H2,1-6H3,(H,37,42)(H,38,43)/t28-,32+/m0/s1. The molecule has 2 amide bonds. The molecule has 5 rings (SSSR count). The Morgan fingerprint density at radius 2 is 1.70 bits per heavy atom. The summed E-state index contributed by atoms with van der Waals surface area (Å²) >= 11 is 0.